The summed E-state index contributed by atoms with van der Waals surface area (Å²) in [5.74, 6) is 0. The number of rotatable bonds is 0. The topological polar surface area (TPSA) is 0 Å². The summed E-state index contributed by atoms with van der Waals surface area (Å²) in [6.07, 6.45) is 0. The zero-order valence-electron chi connectivity index (χ0n) is 14.4. The van der Waals surface area contributed by atoms with Gasteiger partial charge in [-0.2, -0.15) is 35.1 Å². The van der Waals surface area contributed by atoms with Crippen molar-refractivity contribution in [2.24, 2.45) is 10.8 Å². The summed E-state index contributed by atoms with van der Waals surface area (Å²) in [7, 11) is 2.10. The molecule has 1 radical (unpaired) electrons. The summed E-state index contributed by atoms with van der Waals surface area (Å²) in [5.41, 5.74) is 3.59. The molecular formula is C19H27P2Rh-3. The molecular weight excluding hydrogens is 393 g/mol. The van der Waals surface area contributed by atoms with E-state index in [1.165, 1.54) is 11.1 Å². The number of hydrogen-bond acceptors (Lipinski definition) is 0. The smallest absolute Gasteiger partial charge is 0 e. The molecule has 3 rings (SSSR count). The second kappa shape index (κ2) is 7.92. The molecule has 1 aliphatic heterocycles. The summed E-state index contributed by atoms with van der Waals surface area (Å²) in [4.78, 5) is 0. The van der Waals surface area contributed by atoms with Gasteiger partial charge in [0.05, 0.1) is 0 Å². The van der Waals surface area contributed by atoms with E-state index in [0.29, 0.717) is 10.8 Å². The largest absolute Gasteiger partial charge is 0.438 e. The molecule has 0 amide bonds. The molecule has 0 atom stereocenters. The van der Waals surface area contributed by atoms with Crippen molar-refractivity contribution in [2.75, 3.05) is 0 Å². The third-order valence-corrected chi connectivity index (χ3v) is 9.05. The van der Waals surface area contributed by atoms with E-state index in [0.717, 1.165) is 17.2 Å². The summed E-state index contributed by atoms with van der Waals surface area (Å²) in [6, 6.07) is 14.7. The van der Waals surface area contributed by atoms with E-state index in [-0.39, 0.29) is 19.5 Å². The van der Waals surface area contributed by atoms with Crippen molar-refractivity contribution in [1.29, 1.82) is 0 Å². The second-order valence-electron chi connectivity index (χ2n) is 7.65. The second-order valence-corrected chi connectivity index (χ2v) is 11.2. The first-order chi connectivity index (χ1) is 9.68. The SMILES string of the molecule is CC(C)(C)[C-]1P[C-](C(C)(C)C)P1.[Rh].c1cc2cc[cH-]cc-2c1. The van der Waals surface area contributed by atoms with Crippen LogP contribution in [-0.4, -0.2) is 0 Å². The third-order valence-electron chi connectivity index (χ3n) is 3.55. The van der Waals surface area contributed by atoms with Crippen LogP contribution in [-0.2, 0) is 19.5 Å². The van der Waals surface area contributed by atoms with E-state index in [2.05, 4.69) is 84.0 Å². The van der Waals surface area contributed by atoms with Crippen molar-refractivity contribution in [3.05, 3.63) is 53.3 Å². The summed E-state index contributed by atoms with van der Waals surface area (Å²) >= 11 is 0. The number of hydrogen-bond donors (Lipinski definition) is 0. The monoisotopic (exact) mass is 420 g/mol. The first-order valence-electron chi connectivity index (χ1n) is 7.57. The van der Waals surface area contributed by atoms with Crippen molar-refractivity contribution in [2.45, 2.75) is 41.5 Å². The average Bonchev–Trinajstić information content (AvgIpc) is 2.70. The fourth-order valence-corrected chi connectivity index (χ4v) is 5.19. The van der Waals surface area contributed by atoms with E-state index in [1.54, 1.807) is 10.8 Å². The third kappa shape index (κ3) is 5.44. The zero-order chi connectivity index (χ0) is 15.7. The normalized spacial score (nSPS) is 18.6. The minimum absolute atomic E-state index is 0. The molecule has 0 nitrogen and oxygen atoms in total. The first-order valence-corrected chi connectivity index (χ1v) is 9.57. The van der Waals surface area contributed by atoms with Gasteiger partial charge in [-0.25, -0.2) is 0 Å². The summed E-state index contributed by atoms with van der Waals surface area (Å²) < 4.78 is 0. The van der Waals surface area contributed by atoms with Gasteiger partial charge in [-0.05, 0) is 0 Å². The molecule has 0 unspecified atom stereocenters. The number of benzene rings is 1. The van der Waals surface area contributed by atoms with E-state index < -0.39 is 0 Å². The predicted octanol–water partition coefficient (Wildman–Crippen LogP) is 6.94. The Labute approximate surface area is 153 Å². The van der Waals surface area contributed by atoms with Gasteiger partial charge in [0.1, 0.15) is 0 Å². The van der Waals surface area contributed by atoms with Crippen molar-refractivity contribution >= 4 is 17.2 Å². The molecule has 1 heterocycles. The van der Waals surface area contributed by atoms with Gasteiger partial charge in [0, 0.05) is 19.5 Å². The Morgan fingerprint density at radius 2 is 1.32 bits per heavy atom. The van der Waals surface area contributed by atoms with E-state index in [9.17, 15) is 0 Å². The van der Waals surface area contributed by atoms with Crippen LogP contribution in [0.4, 0.5) is 0 Å². The van der Waals surface area contributed by atoms with Crippen LogP contribution in [0.25, 0.3) is 11.1 Å². The first kappa shape index (κ1) is 20.4. The van der Waals surface area contributed by atoms with Crippen LogP contribution in [0.5, 0.6) is 0 Å². The molecule has 0 saturated carbocycles. The standard InChI is InChI=1S/C10H20P2.C9H7.Rh/c1-9(2,3)7-11-8(12-7)10(4,5)6;1-2-5-9-7-3-6-8(9)4-1;/h11-12H,1-6H3;1-7H;/q-2;-1;. The Morgan fingerprint density at radius 1 is 0.818 bits per heavy atom. The quantitative estimate of drug-likeness (QED) is 0.246. The maximum absolute atomic E-state index is 2.34. The van der Waals surface area contributed by atoms with Gasteiger partial charge in [-0.15, -0.1) is 17.2 Å². The van der Waals surface area contributed by atoms with Crippen LogP contribution in [0.1, 0.15) is 41.5 Å². The fraction of sp³-hybridized carbons (Fsp3) is 0.421. The predicted molar refractivity (Wildman–Crippen MR) is 101 cm³/mol. The van der Waals surface area contributed by atoms with Crippen molar-refractivity contribution in [3.8, 4) is 11.1 Å². The molecule has 0 N–H and O–H groups in total. The molecule has 3 heteroatoms. The van der Waals surface area contributed by atoms with Crippen molar-refractivity contribution < 1.29 is 19.5 Å². The van der Waals surface area contributed by atoms with Crippen LogP contribution in [0.15, 0.2) is 42.5 Å². The Hall–Kier alpha value is 0.313. The minimum atomic E-state index is 0. The van der Waals surface area contributed by atoms with Crippen molar-refractivity contribution in [1.82, 2.24) is 0 Å². The van der Waals surface area contributed by atoms with E-state index in [1.807, 2.05) is 0 Å². The Balaban J connectivity index is 0.000000217. The molecule has 2 aliphatic carbocycles. The molecule has 0 aromatic carbocycles. The number of fused-ring (bicyclic) bond motifs is 1. The van der Waals surface area contributed by atoms with Crippen molar-refractivity contribution in [3.63, 3.8) is 0 Å². The molecule has 0 aromatic rings. The van der Waals surface area contributed by atoms with Gasteiger partial charge in [-0.1, -0.05) is 53.7 Å². The molecule has 0 spiro atoms. The molecule has 0 aromatic heterocycles. The van der Waals surface area contributed by atoms with Gasteiger partial charge in [0.2, 0.25) is 0 Å². The molecule has 125 valence electrons. The van der Waals surface area contributed by atoms with Crippen LogP contribution in [0, 0.1) is 21.6 Å². The molecule has 22 heavy (non-hydrogen) atoms. The molecule has 1 saturated heterocycles. The van der Waals surface area contributed by atoms with Crippen LogP contribution in [0.3, 0.4) is 0 Å². The molecule has 3 aliphatic rings. The van der Waals surface area contributed by atoms with Gasteiger partial charge in [0.15, 0.2) is 0 Å². The molecule has 0 bridgehead atoms. The van der Waals surface area contributed by atoms with Gasteiger partial charge < -0.3 is 28.0 Å². The summed E-state index contributed by atoms with van der Waals surface area (Å²) in [5, 5.41) is 3.57. The maximum atomic E-state index is 2.34. The van der Waals surface area contributed by atoms with E-state index in [4.69, 9.17) is 0 Å². The van der Waals surface area contributed by atoms with Gasteiger partial charge in [-0.3, -0.25) is 0 Å². The van der Waals surface area contributed by atoms with Gasteiger partial charge >= 0.3 is 0 Å². The van der Waals surface area contributed by atoms with E-state index >= 15 is 0 Å². The zero-order valence-corrected chi connectivity index (χ0v) is 18.0. The Kier molecular flexibility index (Phi) is 7.33. The fourth-order valence-electron chi connectivity index (χ4n) is 2.07. The Morgan fingerprint density at radius 3 is 1.77 bits per heavy atom. The molecule has 1 fully saturated rings. The summed E-state index contributed by atoms with van der Waals surface area (Å²) in [6.45, 7) is 14.0. The maximum Gasteiger partial charge on any atom is 0 e. The van der Waals surface area contributed by atoms with Crippen LogP contribution < -0.4 is 0 Å². The van der Waals surface area contributed by atoms with Crippen LogP contribution in [0.2, 0.25) is 0 Å². The van der Waals surface area contributed by atoms with Gasteiger partial charge in [0.25, 0.3) is 0 Å². The minimum Gasteiger partial charge on any atom is -0.438 e. The Bertz CT molecular complexity index is 482. The van der Waals surface area contributed by atoms with Crippen LogP contribution >= 0.6 is 17.2 Å². The average molecular weight is 420 g/mol.